The van der Waals surface area contributed by atoms with Gasteiger partial charge in [0.2, 0.25) is 0 Å². The van der Waals surface area contributed by atoms with Crippen LogP contribution in [0.4, 0.5) is 0 Å². The zero-order valence-corrected chi connectivity index (χ0v) is 55.7. The highest BCUT2D eigenvalue weighted by Crippen LogP contribution is 2.27. The van der Waals surface area contributed by atoms with E-state index in [1.807, 2.05) is 91.1 Å². The second kappa shape index (κ2) is 39.3. The van der Waals surface area contributed by atoms with Crippen LogP contribution in [0.15, 0.2) is 237 Å². The highest BCUT2D eigenvalue weighted by molar-refractivity contribution is 5.96. The minimum atomic E-state index is -1.16. The summed E-state index contributed by atoms with van der Waals surface area (Å²) < 4.78 is 5.22. The summed E-state index contributed by atoms with van der Waals surface area (Å²) in [7, 11) is 0. The molecule has 0 spiro atoms. The fourth-order valence-electron chi connectivity index (χ4n) is 8.47. The van der Waals surface area contributed by atoms with E-state index in [4.69, 9.17) is 55.8 Å². The number of hydrogen-bond donors (Lipinski definition) is 14. The number of rotatable bonds is 12. The lowest BCUT2D eigenvalue weighted by Gasteiger charge is -2.10. The predicted octanol–water partition coefficient (Wildman–Crippen LogP) is 16.9. The van der Waals surface area contributed by atoms with Crippen molar-refractivity contribution in [1.29, 1.82) is 0 Å². The number of ether oxygens (including phenoxy) is 1. The van der Waals surface area contributed by atoms with Gasteiger partial charge in [-0.1, -0.05) is 121 Å². The number of hydrogen-bond acceptors (Lipinski definition) is 16. The second-order valence-corrected chi connectivity index (χ2v) is 22.1. The molecule has 11 rings (SSSR count). The number of aryl methyl sites for hydroxylation is 5. The van der Waals surface area contributed by atoms with E-state index in [-0.39, 0.29) is 91.1 Å². The molecule has 0 bridgehead atoms. The predicted molar refractivity (Wildman–Crippen MR) is 391 cm³/mol. The Kier molecular flexibility index (Phi) is 30.3. The van der Waals surface area contributed by atoms with Gasteiger partial charge in [-0.15, -0.1) is 0 Å². The average molecular weight is 1380 g/mol. The smallest absolute Gasteiger partial charge is 0.343 e. The summed E-state index contributed by atoms with van der Waals surface area (Å²) in [4.78, 5) is 54.4. The van der Waals surface area contributed by atoms with E-state index >= 15 is 0 Å². The van der Waals surface area contributed by atoms with Crippen LogP contribution < -0.4 is 4.74 Å². The fourth-order valence-corrected chi connectivity index (χ4v) is 8.47. The van der Waals surface area contributed by atoms with Gasteiger partial charge in [0.25, 0.3) is 0 Å². The van der Waals surface area contributed by atoms with Gasteiger partial charge in [-0.2, -0.15) is 0 Å². The molecular weight excluding hydrogens is 1300 g/mol. The molecule has 20 heteroatoms. The average Bonchev–Trinajstić information content (AvgIpc) is 0.824. The summed E-state index contributed by atoms with van der Waals surface area (Å²) in [6, 6.07) is 63.4. The van der Waals surface area contributed by atoms with Gasteiger partial charge in [-0.25, -0.2) is 24.0 Å². The summed E-state index contributed by atoms with van der Waals surface area (Å²) >= 11 is 0. The van der Waals surface area contributed by atoms with E-state index in [0.29, 0.717) is 27.8 Å². The lowest BCUT2D eigenvalue weighted by atomic mass is 10.1. The molecule has 0 fully saturated rings. The van der Waals surface area contributed by atoms with Crippen molar-refractivity contribution in [3.8, 4) is 63.2 Å². The van der Waals surface area contributed by atoms with Crippen LogP contribution in [-0.2, 0) is 0 Å². The quantitative estimate of drug-likeness (QED) is 0.0307. The van der Waals surface area contributed by atoms with Gasteiger partial charge in [0.15, 0.2) is 0 Å². The van der Waals surface area contributed by atoms with Crippen molar-refractivity contribution >= 4 is 66.3 Å². The van der Waals surface area contributed by atoms with Crippen LogP contribution in [0.1, 0.15) is 113 Å². The minimum Gasteiger partial charge on any atom is -0.508 e. The zero-order chi connectivity index (χ0) is 75.0. The highest BCUT2D eigenvalue weighted by atomic mass is 16.5. The monoisotopic (exact) mass is 1380 g/mol. The topological polar surface area (TPSA) is 378 Å². The normalized spacial score (nSPS) is 10.2. The van der Waals surface area contributed by atoms with E-state index in [1.165, 1.54) is 78.9 Å². The maximum absolute atomic E-state index is 12.1. The van der Waals surface area contributed by atoms with Crippen LogP contribution in [0.25, 0.3) is 36.5 Å². The molecule has 11 aromatic rings. The number of carboxylic acid groups (broad SMARTS) is 4. The Morgan fingerprint density at radius 3 is 0.784 bits per heavy atom. The number of para-hydroxylation sites is 1. The Labute approximate surface area is 587 Å². The molecule has 522 valence electrons. The van der Waals surface area contributed by atoms with Crippen molar-refractivity contribution < 1.29 is 100 Å². The Morgan fingerprint density at radius 1 is 0.255 bits per heavy atom. The van der Waals surface area contributed by atoms with Crippen LogP contribution in [0, 0.1) is 34.6 Å². The first kappa shape index (κ1) is 78.7. The van der Waals surface area contributed by atoms with Crippen molar-refractivity contribution in [2.24, 2.45) is 0 Å². The number of carbonyl (C=O) groups excluding carboxylic acids is 1. The zero-order valence-electron chi connectivity index (χ0n) is 55.7. The molecule has 11 aromatic carbocycles. The molecule has 0 radical (unpaired) electrons. The van der Waals surface area contributed by atoms with Crippen molar-refractivity contribution in [1.82, 2.24) is 0 Å². The van der Waals surface area contributed by atoms with Crippen molar-refractivity contribution in [3.63, 3.8) is 0 Å². The molecular formula is C82H74O20. The van der Waals surface area contributed by atoms with Crippen LogP contribution in [0.5, 0.6) is 63.2 Å². The SMILES string of the molecule is Cc1cc(C(=O)O)ccc1O.Cc1cc(C(=O)O)ccc1O.Cc1cc(C(=O)O)ccc1O.Cc1cc(C(=O)Oc2c(C)cccc2C(=O)O)ccc1O.Oc1ccc(C=Cc2cccc(O)c2)cc1.Oc1ccc(C=Cc2cccc(O)c2)cc1.Oc1ccc(C=Cc2cccc(O)c2)cc1. The molecule has 0 saturated carbocycles. The van der Waals surface area contributed by atoms with E-state index in [2.05, 4.69) is 0 Å². The Hall–Kier alpha value is -14.0. The molecule has 0 amide bonds. The third kappa shape index (κ3) is 27.2. The van der Waals surface area contributed by atoms with Gasteiger partial charge in [-0.05, 0) is 247 Å². The van der Waals surface area contributed by atoms with Gasteiger partial charge < -0.3 is 76.2 Å². The molecule has 0 aliphatic rings. The van der Waals surface area contributed by atoms with E-state index in [9.17, 15) is 44.4 Å². The van der Waals surface area contributed by atoms with Gasteiger partial charge in [0.1, 0.15) is 68.8 Å². The number of esters is 1. The third-order valence-electron chi connectivity index (χ3n) is 14.1. The highest BCUT2D eigenvalue weighted by Gasteiger charge is 2.18. The number of aromatic carboxylic acids is 4. The minimum absolute atomic E-state index is 0.0285. The summed E-state index contributed by atoms with van der Waals surface area (Å²) in [5.74, 6) is -2.76. The van der Waals surface area contributed by atoms with Gasteiger partial charge in [-0.3, -0.25) is 0 Å². The summed E-state index contributed by atoms with van der Waals surface area (Å²) in [5.41, 5.74) is 9.38. The second-order valence-electron chi connectivity index (χ2n) is 22.1. The van der Waals surface area contributed by atoms with Gasteiger partial charge in [0, 0.05) is 0 Å². The van der Waals surface area contributed by atoms with Crippen molar-refractivity contribution in [2.45, 2.75) is 34.6 Å². The van der Waals surface area contributed by atoms with Crippen LogP contribution in [0.2, 0.25) is 0 Å². The van der Waals surface area contributed by atoms with Crippen LogP contribution in [0.3, 0.4) is 0 Å². The first-order chi connectivity index (χ1) is 48.4. The number of benzene rings is 11. The molecule has 0 aliphatic heterocycles. The molecule has 14 N–H and O–H groups in total. The van der Waals surface area contributed by atoms with E-state index in [1.54, 1.807) is 138 Å². The molecule has 0 heterocycles. The summed E-state index contributed by atoms with van der Waals surface area (Å²) in [6.45, 7) is 8.28. The van der Waals surface area contributed by atoms with Crippen LogP contribution in [-0.4, -0.2) is 101 Å². The molecule has 102 heavy (non-hydrogen) atoms. The van der Waals surface area contributed by atoms with Crippen molar-refractivity contribution in [3.05, 3.63) is 326 Å². The first-order valence-corrected chi connectivity index (χ1v) is 30.7. The van der Waals surface area contributed by atoms with Crippen LogP contribution >= 0.6 is 0 Å². The molecule has 0 saturated heterocycles. The standard InChI is InChI=1S/C16H14O5.3C14H12O2.3C8H8O3/c1-9-4-3-5-12(15(18)19)14(9)21-16(20)11-6-7-13(17)10(2)8-11;3*15-13-8-6-11(7-9-13)4-5-12-2-1-3-14(16)10-12;3*1-5-4-6(8(10)11)2-3-7(5)9/h3-8,17H,1-2H3,(H,18,19);3*1-10,15-16H;3*2-4,9H,1H3,(H,10,11). The number of phenolic OH excluding ortho intramolecular Hbond substituents is 10. The molecule has 20 nitrogen and oxygen atoms in total. The van der Waals surface area contributed by atoms with Crippen molar-refractivity contribution in [2.75, 3.05) is 0 Å². The van der Waals surface area contributed by atoms with Gasteiger partial charge in [0.05, 0.1) is 22.3 Å². The Morgan fingerprint density at radius 2 is 0.520 bits per heavy atom. The lowest BCUT2D eigenvalue weighted by Crippen LogP contribution is -2.12. The molecule has 0 unspecified atom stereocenters. The molecule has 0 aromatic heterocycles. The summed E-state index contributed by atoms with van der Waals surface area (Å²) in [5, 5.41) is 126. The number of aromatic hydroxyl groups is 10. The van der Waals surface area contributed by atoms with E-state index in [0.717, 1.165) is 33.4 Å². The fraction of sp³-hybridized carbons (Fsp3) is 0.0610. The summed E-state index contributed by atoms with van der Waals surface area (Å²) in [6.07, 6.45) is 11.5. The largest absolute Gasteiger partial charge is 0.508 e. The number of phenols is 10. The Balaban J connectivity index is 0.000000217. The third-order valence-corrected chi connectivity index (χ3v) is 14.1. The molecule has 0 atom stereocenters. The lowest BCUT2D eigenvalue weighted by molar-refractivity contribution is 0.0668. The maximum atomic E-state index is 12.1. The first-order valence-electron chi connectivity index (χ1n) is 30.7. The maximum Gasteiger partial charge on any atom is 0.343 e. The van der Waals surface area contributed by atoms with E-state index < -0.39 is 29.8 Å². The number of carboxylic acids is 4. The number of carbonyl (C=O) groups is 5. The van der Waals surface area contributed by atoms with Gasteiger partial charge >= 0.3 is 29.8 Å². The molecule has 0 aliphatic carbocycles. The Bertz CT molecular complexity index is 4370.